The Morgan fingerprint density at radius 3 is 2.15 bits per heavy atom. The number of ether oxygens (including phenoxy) is 2. The van der Waals surface area contributed by atoms with Gasteiger partial charge in [-0.15, -0.1) is 0 Å². The molecule has 5 fully saturated rings. The molecule has 5 aliphatic rings. The van der Waals surface area contributed by atoms with Crippen molar-refractivity contribution >= 4 is 11.6 Å². The number of carbonyl (C=O) groups is 1. The number of alkyl halides is 3. The average Bonchev–Trinajstić information content (AvgIpc) is 3.38. The fraction of sp³-hybridized carbons (Fsp3) is 0.567. The van der Waals surface area contributed by atoms with Crippen LogP contribution in [0.2, 0.25) is 0 Å². The van der Waals surface area contributed by atoms with Crippen molar-refractivity contribution in [2.45, 2.75) is 50.2 Å². The Hall–Kier alpha value is -3.34. The third-order valence-electron chi connectivity index (χ3n) is 9.92. The summed E-state index contributed by atoms with van der Waals surface area (Å²) in [6.45, 7) is 2.66. The Bertz CT molecular complexity index is 1460. The molecule has 0 N–H and O–H groups in total. The van der Waals surface area contributed by atoms with Crippen LogP contribution in [0.15, 0.2) is 30.5 Å². The van der Waals surface area contributed by atoms with Gasteiger partial charge in [0.25, 0.3) is 5.91 Å². The zero-order valence-corrected chi connectivity index (χ0v) is 23.3. The Balaban J connectivity index is 1.17. The standard InChI is InChI=1S/C30H34F3N5O3/c1-40-24-4-3-21(12-25(24)41-2)23-13-26(30(31,32)33)38-27(35-23)22(17-34-38)28(39)36-5-7-37(8-6-36)29-14-18-9-19(15-29)11-20(10-18)16-29/h3-4,12-13,17-20H,5-11,14-16H2,1-2H3. The third-order valence-corrected chi connectivity index (χ3v) is 9.92. The Morgan fingerprint density at radius 1 is 0.927 bits per heavy atom. The van der Waals surface area contributed by atoms with Crippen molar-refractivity contribution in [3.05, 3.63) is 41.7 Å². The van der Waals surface area contributed by atoms with Crippen molar-refractivity contribution in [1.29, 1.82) is 0 Å². The van der Waals surface area contributed by atoms with Crippen LogP contribution in [0.4, 0.5) is 13.2 Å². The maximum Gasteiger partial charge on any atom is 0.433 e. The fourth-order valence-electron chi connectivity index (χ4n) is 8.47. The van der Waals surface area contributed by atoms with Gasteiger partial charge in [0.05, 0.1) is 26.1 Å². The van der Waals surface area contributed by atoms with Crippen LogP contribution in [0.25, 0.3) is 16.9 Å². The molecule has 8 rings (SSSR count). The van der Waals surface area contributed by atoms with Crippen molar-refractivity contribution in [3.8, 4) is 22.8 Å². The molecule has 4 bridgehead atoms. The lowest BCUT2D eigenvalue weighted by atomic mass is 9.52. The highest BCUT2D eigenvalue weighted by atomic mass is 19.4. The van der Waals surface area contributed by atoms with Crippen LogP contribution in [-0.2, 0) is 6.18 Å². The zero-order chi connectivity index (χ0) is 28.5. The largest absolute Gasteiger partial charge is 0.493 e. The molecule has 11 heteroatoms. The maximum absolute atomic E-state index is 14.2. The molecule has 41 heavy (non-hydrogen) atoms. The van der Waals surface area contributed by atoms with Gasteiger partial charge in [0, 0.05) is 37.3 Å². The lowest BCUT2D eigenvalue weighted by Crippen LogP contribution is -2.64. The van der Waals surface area contributed by atoms with Crippen molar-refractivity contribution in [2.75, 3.05) is 40.4 Å². The molecule has 3 heterocycles. The van der Waals surface area contributed by atoms with E-state index >= 15 is 0 Å². The van der Waals surface area contributed by atoms with E-state index in [1.807, 2.05) is 0 Å². The van der Waals surface area contributed by atoms with Gasteiger partial charge in [-0.2, -0.15) is 18.3 Å². The van der Waals surface area contributed by atoms with Gasteiger partial charge in [0.15, 0.2) is 22.8 Å². The maximum atomic E-state index is 14.2. The van der Waals surface area contributed by atoms with E-state index in [2.05, 4.69) is 15.0 Å². The number of amides is 1. The number of rotatable bonds is 5. The van der Waals surface area contributed by atoms with Gasteiger partial charge in [-0.05, 0) is 80.5 Å². The van der Waals surface area contributed by atoms with Crippen LogP contribution >= 0.6 is 0 Å². The second kappa shape index (κ2) is 9.61. The van der Waals surface area contributed by atoms with Gasteiger partial charge in [-0.3, -0.25) is 9.69 Å². The molecule has 1 aromatic carbocycles. The average molecular weight is 570 g/mol. The Morgan fingerprint density at radius 2 is 1.56 bits per heavy atom. The summed E-state index contributed by atoms with van der Waals surface area (Å²) in [4.78, 5) is 22.6. The molecule has 2 aromatic heterocycles. The first kappa shape index (κ1) is 26.6. The van der Waals surface area contributed by atoms with Gasteiger partial charge >= 0.3 is 6.18 Å². The fourth-order valence-corrected chi connectivity index (χ4v) is 8.47. The summed E-state index contributed by atoms with van der Waals surface area (Å²) in [5, 5.41) is 3.97. The van der Waals surface area contributed by atoms with Crippen molar-refractivity contribution < 1.29 is 27.4 Å². The molecule has 8 nitrogen and oxygen atoms in total. The van der Waals surface area contributed by atoms with Crippen LogP contribution in [0.1, 0.15) is 54.6 Å². The van der Waals surface area contributed by atoms with Gasteiger partial charge < -0.3 is 14.4 Å². The first-order chi connectivity index (χ1) is 19.7. The van der Waals surface area contributed by atoms with E-state index in [1.54, 1.807) is 23.1 Å². The number of methoxy groups -OCH3 is 2. The number of hydrogen-bond acceptors (Lipinski definition) is 6. The summed E-state index contributed by atoms with van der Waals surface area (Å²) in [7, 11) is 2.94. The van der Waals surface area contributed by atoms with Gasteiger partial charge in [-0.25, -0.2) is 9.50 Å². The quantitative estimate of drug-likeness (QED) is 0.423. The van der Waals surface area contributed by atoms with Crippen LogP contribution in [-0.4, -0.2) is 76.2 Å². The summed E-state index contributed by atoms with van der Waals surface area (Å²) in [6.07, 6.45) is 4.45. The molecule has 0 spiro atoms. The van der Waals surface area contributed by atoms with E-state index in [4.69, 9.17) is 9.47 Å². The highest BCUT2D eigenvalue weighted by Gasteiger charge is 2.53. The van der Waals surface area contributed by atoms with Crippen molar-refractivity contribution in [2.24, 2.45) is 17.8 Å². The molecular weight excluding hydrogens is 535 g/mol. The first-order valence-corrected chi connectivity index (χ1v) is 14.4. The van der Waals surface area contributed by atoms with E-state index in [0.29, 0.717) is 30.2 Å². The SMILES string of the molecule is COc1ccc(-c2cc(C(F)(F)F)n3ncc(C(=O)N4CCN(C56CC7CC(CC(C7)C5)C6)CC4)c3n2)cc1OC. The summed E-state index contributed by atoms with van der Waals surface area (Å²) in [6, 6.07) is 5.74. The molecule has 1 amide bonds. The van der Waals surface area contributed by atoms with Gasteiger partial charge in [0.1, 0.15) is 5.56 Å². The Labute approximate surface area is 236 Å². The highest BCUT2D eigenvalue weighted by Crippen LogP contribution is 2.57. The van der Waals surface area contributed by atoms with E-state index < -0.39 is 11.9 Å². The van der Waals surface area contributed by atoms with Crippen LogP contribution in [0.3, 0.4) is 0 Å². The molecule has 4 saturated carbocycles. The smallest absolute Gasteiger partial charge is 0.433 e. The van der Waals surface area contributed by atoms with Crippen LogP contribution in [0, 0.1) is 17.8 Å². The minimum absolute atomic E-state index is 0.0620. The molecular formula is C30H34F3N5O3. The number of carbonyl (C=O) groups excluding carboxylic acids is 1. The predicted octanol–water partition coefficient (Wildman–Crippen LogP) is 5.16. The lowest BCUT2D eigenvalue weighted by Gasteiger charge is -2.61. The second-order valence-electron chi connectivity index (χ2n) is 12.3. The van der Waals surface area contributed by atoms with E-state index in [-0.39, 0.29) is 28.4 Å². The summed E-state index contributed by atoms with van der Waals surface area (Å²) < 4.78 is 53.8. The van der Waals surface area contributed by atoms with Crippen LogP contribution < -0.4 is 9.47 Å². The highest BCUT2D eigenvalue weighted by molar-refractivity contribution is 6.00. The van der Waals surface area contributed by atoms with Crippen molar-refractivity contribution in [3.63, 3.8) is 0 Å². The molecule has 3 aromatic rings. The summed E-state index contributed by atoms with van der Waals surface area (Å²) in [5.41, 5.74) is -0.310. The van der Waals surface area contributed by atoms with E-state index in [1.165, 1.54) is 58.9 Å². The molecule has 1 saturated heterocycles. The molecule has 4 aliphatic carbocycles. The predicted molar refractivity (Wildman–Crippen MR) is 145 cm³/mol. The zero-order valence-electron chi connectivity index (χ0n) is 23.3. The summed E-state index contributed by atoms with van der Waals surface area (Å²) in [5.74, 6) is 2.99. The van der Waals surface area contributed by atoms with Gasteiger partial charge in [0.2, 0.25) is 0 Å². The van der Waals surface area contributed by atoms with Crippen LogP contribution in [0.5, 0.6) is 11.5 Å². The molecule has 0 atom stereocenters. The molecule has 1 aliphatic heterocycles. The number of aromatic nitrogens is 3. The molecule has 0 unspecified atom stereocenters. The van der Waals surface area contributed by atoms with Gasteiger partial charge in [-0.1, -0.05) is 0 Å². The van der Waals surface area contributed by atoms with E-state index in [9.17, 15) is 18.0 Å². The van der Waals surface area contributed by atoms with Crippen molar-refractivity contribution in [1.82, 2.24) is 24.4 Å². The van der Waals surface area contributed by atoms with E-state index in [0.717, 1.165) is 41.4 Å². The third kappa shape index (κ3) is 4.43. The number of nitrogens with zero attached hydrogens (tertiary/aromatic N) is 5. The number of fused-ring (bicyclic) bond motifs is 1. The number of halogens is 3. The number of benzene rings is 1. The topological polar surface area (TPSA) is 72.2 Å². The Kier molecular flexibility index (Phi) is 6.22. The number of piperazine rings is 1. The first-order valence-electron chi connectivity index (χ1n) is 14.4. The normalized spacial score (nSPS) is 27.9. The monoisotopic (exact) mass is 569 g/mol. The lowest BCUT2D eigenvalue weighted by molar-refractivity contribution is -0.142. The minimum Gasteiger partial charge on any atom is -0.493 e. The molecule has 0 radical (unpaired) electrons. The summed E-state index contributed by atoms with van der Waals surface area (Å²) >= 11 is 0. The number of hydrogen-bond donors (Lipinski definition) is 0. The molecule has 218 valence electrons. The second-order valence-corrected chi connectivity index (χ2v) is 12.3. The minimum atomic E-state index is -4.71.